The van der Waals surface area contributed by atoms with Gasteiger partial charge in [-0.2, -0.15) is 0 Å². The van der Waals surface area contributed by atoms with Gasteiger partial charge in [0, 0.05) is 0 Å². The predicted octanol–water partition coefficient (Wildman–Crippen LogP) is -4.28. The largest absolute Gasteiger partial charge is 0.373 e. The summed E-state index contributed by atoms with van der Waals surface area (Å²) >= 11 is 0. The molecule has 1 rings (SSSR count). The van der Waals surface area contributed by atoms with Crippen LogP contribution >= 0.6 is 0 Å². The van der Waals surface area contributed by atoms with Crippen LogP contribution < -0.4 is 16.0 Å². The molecule has 0 amide bonds. The summed E-state index contributed by atoms with van der Waals surface area (Å²) in [5.74, 6) is 0. The molecule has 0 bridgehead atoms. The molecule has 5 nitrogen and oxygen atoms in total. The van der Waals surface area contributed by atoms with Gasteiger partial charge in [-0.05, 0) is 0 Å². The second-order valence-corrected chi connectivity index (χ2v) is 3.82. The highest BCUT2D eigenvalue weighted by molar-refractivity contribution is 4.31. The second kappa shape index (κ2) is 10.3. The smallest absolute Gasteiger partial charge is 0.125 e. The zero-order chi connectivity index (χ0) is 10.6. The van der Waals surface area contributed by atoms with E-state index in [1.54, 1.807) is 0 Å². The van der Waals surface area contributed by atoms with E-state index < -0.39 is 0 Å². The summed E-state index contributed by atoms with van der Waals surface area (Å²) in [6.45, 7) is 10.1. The van der Waals surface area contributed by atoms with E-state index in [2.05, 4.69) is 16.0 Å². The third-order valence-electron chi connectivity index (χ3n) is 2.45. The number of rotatable bonds is 0. The van der Waals surface area contributed by atoms with Gasteiger partial charge in [-0.1, -0.05) is 0 Å². The van der Waals surface area contributed by atoms with E-state index in [9.17, 15) is 0 Å². The van der Waals surface area contributed by atoms with Crippen LogP contribution in [0.3, 0.4) is 0 Å². The molecule has 1 aliphatic rings. The molecule has 0 saturated carbocycles. The Bertz CT molecular complexity index is 77.2. The van der Waals surface area contributed by atoms with E-state index in [1.807, 2.05) is 0 Å². The van der Waals surface area contributed by atoms with Gasteiger partial charge in [0.25, 0.3) is 0 Å². The lowest BCUT2D eigenvalue weighted by Gasteiger charge is -2.03. The summed E-state index contributed by atoms with van der Waals surface area (Å²) in [7, 11) is 0. The maximum Gasteiger partial charge on any atom is 0.125 e. The summed E-state index contributed by atoms with van der Waals surface area (Å²) < 4.78 is 10.9. The predicted molar refractivity (Wildman–Crippen MR) is 56.6 cm³/mol. The lowest BCUT2D eigenvalue weighted by atomic mass is 10.5. The molecular weight excluding hydrogens is 194 g/mol. The van der Waals surface area contributed by atoms with Gasteiger partial charge < -0.3 is 25.4 Å². The molecule has 5 heteroatoms. The molecule has 0 aromatic heterocycles. The van der Waals surface area contributed by atoms with Crippen molar-refractivity contribution in [2.24, 2.45) is 0 Å². The van der Waals surface area contributed by atoms with Crippen LogP contribution in [0, 0.1) is 0 Å². The topological polar surface area (TPSA) is 68.3 Å². The van der Waals surface area contributed by atoms with Crippen molar-refractivity contribution in [3.63, 3.8) is 0 Å². The van der Waals surface area contributed by atoms with Crippen LogP contribution in [0.5, 0.6) is 0 Å². The maximum atomic E-state index is 5.43. The zero-order valence-corrected chi connectivity index (χ0v) is 9.62. The molecule has 0 aromatic carbocycles. The molecule has 90 valence electrons. The van der Waals surface area contributed by atoms with E-state index in [4.69, 9.17) is 9.47 Å². The van der Waals surface area contributed by atoms with Crippen LogP contribution in [0.2, 0.25) is 0 Å². The van der Waals surface area contributed by atoms with Crippen molar-refractivity contribution in [2.75, 3.05) is 65.7 Å². The van der Waals surface area contributed by atoms with Crippen molar-refractivity contribution >= 4 is 0 Å². The monoisotopic (exact) mass is 220 g/mol. The first-order valence-corrected chi connectivity index (χ1v) is 6.10. The highest BCUT2D eigenvalue weighted by Gasteiger charge is 1.98. The normalized spacial score (nSPS) is 24.0. The Morgan fingerprint density at radius 2 is 0.867 bits per heavy atom. The molecule has 0 aliphatic carbocycles. The minimum atomic E-state index is 0.736. The Kier molecular flexibility index (Phi) is 8.85. The van der Waals surface area contributed by atoms with Crippen molar-refractivity contribution in [3.8, 4) is 0 Å². The molecule has 0 unspecified atom stereocenters. The molecule has 6 N–H and O–H groups in total. The van der Waals surface area contributed by atoms with E-state index in [-0.39, 0.29) is 0 Å². The SMILES string of the molecule is C1C[NH2+]CCOCCOCC[NH2+]CC[NH2+]1. The first kappa shape index (κ1) is 12.9. The fraction of sp³-hybridized carbons (Fsp3) is 1.00. The fourth-order valence-electron chi connectivity index (χ4n) is 1.56. The molecule has 0 atom stereocenters. The van der Waals surface area contributed by atoms with Crippen LogP contribution in [-0.2, 0) is 9.47 Å². The first-order chi connectivity index (χ1) is 7.50. The lowest BCUT2D eigenvalue weighted by molar-refractivity contribution is -0.750. The van der Waals surface area contributed by atoms with Crippen molar-refractivity contribution in [1.29, 1.82) is 0 Å². The molecule has 0 radical (unpaired) electrons. The van der Waals surface area contributed by atoms with Gasteiger partial charge in [0.15, 0.2) is 0 Å². The van der Waals surface area contributed by atoms with E-state index in [0.29, 0.717) is 0 Å². The van der Waals surface area contributed by atoms with Gasteiger partial charge in [0.2, 0.25) is 0 Å². The zero-order valence-electron chi connectivity index (χ0n) is 9.62. The molecule has 1 saturated heterocycles. The molecular formula is C10H26N3O2+3. The van der Waals surface area contributed by atoms with E-state index >= 15 is 0 Å². The van der Waals surface area contributed by atoms with E-state index in [1.165, 1.54) is 26.2 Å². The molecule has 15 heavy (non-hydrogen) atoms. The second-order valence-electron chi connectivity index (χ2n) is 3.82. The number of quaternary nitrogens is 3. The third kappa shape index (κ3) is 8.77. The number of hydrogen-bond acceptors (Lipinski definition) is 2. The fourth-order valence-corrected chi connectivity index (χ4v) is 1.56. The van der Waals surface area contributed by atoms with Gasteiger partial charge in [-0.3, -0.25) is 0 Å². The molecule has 0 aromatic rings. The van der Waals surface area contributed by atoms with Crippen molar-refractivity contribution in [2.45, 2.75) is 0 Å². The van der Waals surface area contributed by atoms with Gasteiger partial charge in [-0.15, -0.1) is 0 Å². The Hall–Kier alpha value is -0.200. The van der Waals surface area contributed by atoms with Crippen LogP contribution in [-0.4, -0.2) is 65.7 Å². The average Bonchev–Trinajstić information content (AvgIpc) is 2.27. The highest BCUT2D eigenvalue weighted by Crippen LogP contribution is 1.75. The first-order valence-electron chi connectivity index (χ1n) is 6.10. The Balaban J connectivity index is 2.01. The van der Waals surface area contributed by atoms with Crippen LogP contribution in [0.15, 0.2) is 0 Å². The number of hydrogen-bond donors (Lipinski definition) is 3. The maximum absolute atomic E-state index is 5.43. The summed E-state index contributed by atoms with van der Waals surface area (Å²) in [5.41, 5.74) is 0. The van der Waals surface area contributed by atoms with Crippen molar-refractivity contribution in [3.05, 3.63) is 0 Å². The summed E-state index contributed by atoms with van der Waals surface area (Å²) in [6.07, 6.45) is 0. The highest BCUT2D eigenvalue weighted by atomic mass is 16.5. The quantitative estimate of drug-likeness (QED) is 0.387. The molecule has 0 spiro atoms. The summed E-state index contributed by atoms with van der Waals surface area (Å²) in [6, 6.07) is 0. The van der Waals surface area contributed by atoms with Gasteiger partial charge in [-0.25, -0.2) is 0 Å². The standard InChI is InChI=1S/C10H23N3O2/c1-3-12-5-7-14-9-10-15-8-6-13-4-2-11-1/h11-13H,1-10H2/p+3. The van der Waals surface area contributed by atoms with Crippen LogP contribution in [0.4, 0.5) is 0 Å². The van der Waals surface area contributed by atoms with Gasteiger partial charge in [0.05, 0.1) is 39.5 Å². The minimum Gasteiger partial charge on any atom is -0.373 e. The number of ether oxygens (including phenoxy) is 2. The summed E-state index contributed by atoms with van der Waals surface area (Å²) in [5, 5.41) is 7.02. The number of nitrogens with two attached hydrogens (primary N) is 3. The van der Waals surface area contributed by atoms with Crippen molar-refractivity contribution in [1.82, 2.24) is 0 Å². The molecule has 1 fully saturated rings. The van der Waals surface area contributed by atoms with Crippen molar-refractivity contribution < 1.29 is 25.4 Å². The van der Waals surface area contributed by atoms with Crippen LogP contribution in [0.25, 0.3) is 0 Å². The third-order valence-corrected chi connectivity index (χ3v) is 2.45. The molecule has 1 heterocycles. The minimum absolute atomic E-state index is 0.736. The van der Waals surface area contributed by atoms with Crippen LogP contribution in [0.1, 0.15) is 0 Å². The summed E-state index contributed by atoms with van der Waals surface area (Å²) in [4.78, 5) is 0. The van der Waals surface area contributed by atoms with E-state index in [0.717, 1.165) is 39.5 Å². The Labute approximate surface area is 91.9 Å². The average molecular weight is 220 g/mol. The Morgan fingerprint density at radius 3 is 1.33 bits per heavy atom. The lowest BCUT2D eigenvalue weighted by Crippen LogP contribution is -2.99. The molecule has 1 aliphatic heterocycles. The van der Waals surface area contributed by atoms with Gasteiger partial charge in [0.1, 0.15) is 26.2 Å². The van der Waals surface area contributed by atoms with Gasteiger partial charge >= 0.3 is 0 Å². The Morgan fingerprint density at radius 1 is 0.467 bits per heavy atom.